The lowest BCUT2D eigenvalue weighted by molar-refractivity contribution is 0.100. The molecule has 5 rings (SSSR count). The average molecular weight is 547 g/mol. The Morgan fingerprint density at radius 3 is 2.62 bits per heavy atom. The van der Waals surface area contributed by atoms with Crippen LogP contribution >= 0.6 is 11.3 Å². The number of para-hydroxylation sites is 1. The van der Waals surface area contributed by atoms with Gasteiger partial charge in [0, 0.05) is 43.9 Å². The molecule has 4 aromatic rings. The number of benzene rings is 2. The molecule has 3 heterocycles. The Morgan fingerprint density at radius 1 is 1.13 bits per heavy atom. The summed E-state index contributed by atoms with van der Waals surface area (Å²) in [5.41, 5.74) is 9.76. The molecule has 0 unspecified atom stereocenters. The maximum absolute atomic E-state index is 12.4. The van der Waals surface area contributed by atoms with Gasteiger partial charge in [-0.3, -0.25) is 9.69 Å². The number of piperazine rings is 1. The fourth-order valence-corrected chi connectivity index (χ4v) is 5.71. The summed E-state index contributed by atoms with van der Waals surface area (Å²) in [5, 5.41) is 3.34. The van der Waals surface area contributed by atoms with Crippen molar-refractivity contribution in [3.8, 4) is 22.6 Å². The fourth-order valence-electron chi connectivity index (χ4n) is 4.73. The fraction of sp³-hybridized carbons (Fsp3) is 0.345. The number of nitrogens with one attached hydrogen (secondary N) is 1. The van der Waals surface area contributed by atoms with Crippen LogP contribution in [0, 0.1) is 0 Å². The first-order valence-electron chi connectivity index (χ1n) is 13.0. The number of thiophene rings is 1. The monoisotopic (exact) mass is 546 g/mol. The Hall–Kier alpha value is -3.73. The van der Waals surface area contributed by atoms with Crippen molar-refractivity contribution in [2.24, 2.45) is 5.73 Å². The van der Waals surface area contributed by atoms with Crippen molar-refractivity contribution in [3.05, 3.63) is 59.1 Å². The average Bonchev–Trinajstić information content (AvgIpc) is 3.30. The number of nitrogens with zero attached hydrogens (tertiary/aromatic N) is 4. The van der Waals surface area contributed by atoms with Crippen LogP contribution < -0.4 is 20.5 Å². The number of nitrogens with two attached hydrogens (primary N) is 1. The number of hydrogen-bond donors (Lipinski definition) is 2. The number of fused-ring (bicyclic) bond motifs is 1. The van der Waals surface area contributed by atoms with Crippen molar-refractivity contribution in [3.63, 3.8) is 0 Å². The van der Waals surface area contributed by atoms with Crippen molar-refractivity contribution in [2.75, 3.05) is 45.7 Å². The molecule has 0 spiro atoms. The second-order valence-electron chi connectivity index (χ2n) is 9.98. The number of amides is 1. The maximum atomic E-state index is 12.4. The highest BCUT2D eigenvalue weighted by Crippen LogP contribution is 2.42. The van der Waals surface area contributed by atoms with Crippen molar-refractivity contribution in [1.29, 1.82) is 0 Å². The number of rotatable bonds is 9. The van der Waals surface area contributed by atoms with E-state index in [-0.39, 0.29) is 6.10 Å². The molecule has 9 nitrogen and oxygen atoms in total. The van der Waals surface area contributed by atoms with Crippen LogP contribution in [0.4, 0.5) is 11.6 Å². The number of primary amides is 1. The molecule has 2 aromatic heterocycles. The molecule has 0 bridgehead atoms. The zero-order chi connectivity index (χ0) is 27.5. The van der Waals surface area contributed by atoms with E-state index in [1.807, 2.05) is 44.2 Å². The van der Waals surface area contributed by atoms with Crippen LogP contribution in [0.25, 0.3) is 21.3 Å². The summed E-state index contributed by atoms with van der Waals surface area (Å²) in [4.78, 5) is 27.0. The van der Waals surface area contributed by atoms with Gasteiger partial charge in [0.25, 0.3) is 5.91 Å². The molecule has 204 valence electrons. The summed E-state index contributed by atoms with van der Waals surface area (Å²) in [7, 11) is 3.76. The molecule has 1 fully saturated rings. The number of aromatic nitrogens is 2. The van der Waals surface area contributed by atoms with Gasteiger partial charge in [0.1, 0.15) is 16.4 Å². The first-order valence-corrected chi connectivity index (χ1v) is 13.8. The second kappa shape index (κ2) is 11.6. The standard InChI is InChI=1S/C29H34N6O3S/c1-18(2)38-23-15-19(17-35-13-11-34(3)12-14-35)9-10-21(23)32-29-31-16-24-26(33-29)25(27(39-24)28(30)36)20-7-5-6-8-22(20)37-4/h5-10,15-16,18H,11-14,17H2,1-4H3,(H2,30,36)(H,31,32,33). The molecule has 39 heavy (non-hydrogen) atoms. The SMILES string of the molecule is COc1ccccc1-c1c(C(N)=O)sc2cnc(Nc3ccc(CN4CCN(C)CC4)cc3OC(C)C)nc12. The van der Waals surface area contributed by atoms with Crippen LogP contribution in [-0.4, -0.2) is 72.1 Å². The van der Waals surface area contributed by atoms with Crippen LogP contribution in [0.3, 0.4) is 0 Å². The van der Waals surface area contributed by atoms with Gasteiger partial charge >= 0.3 is 0 Å². The van der Waals surface area contributed by atoms with Crippen LogP contribution in [0.1, 0.15) is 29.1 Å². The van der Waals surface area contributed by atoms with E-state index < -0.39 is 5.91 Å². The molecule has 1 amide bonds. The van der Waals surface area contributed by atoms with Crippen molar-refractivity contribution in [1.82, 2.24) is 19.8 Å². The molecule has 1 saturated heterocycles. The number of carbonyl (C=O) groups is 1. The number of anilines is 2. The van der Waals surface area contributed by atoms with Crippen LogP contribution in [0.2, 0.25) is 0 Å². The van der Waals surface area contributed by atoms with E-state index in [4.69, 9.17) is 20.2 Å². The van der Waals surface area contributed by atoms with E-state index in [1.165, 1.54) is 16.9 Å². The van der Waals surface area contributed by atoms with Gasteiger partial charge in [-0.15, -0.1) is 11.3 Å². The van der Waals surface area contributed by atoms with Gasteiger partial charge in [-0.1, -0.05) is 24.3 Å². The van der Waals surface area contributed by atoms with Gasteiger partial charge in [0.05, 0.1) is 35.3 Å². The number of methoxy groups -OCH3 is 1. The van der Waals surface area contributed by atoms with E-state index in [0.717, 1.165) is 54.4 Å². The minimum absolute atomic E-state index is 0.0000172. The molecule has 0 radical (unpaired) electrons. The molecule has 0 aliphatic carbocycles. The summed E-state index contributed by atoms with van der Waals surface area (Å²) in [5.74, 6) is 1.26. The molecular formula is C29H34N6O3S. The Kier molecular flexibility index (Phi) is 7.97. The number of likely N-dealkylation sites (N-methyl/N-ethyl adjacent to an activating group) is 1. The Bertz CT molecular complexity index is 1480. The number of hydrogen-bond acceptors (Lipinski definition) is 9. The zero-order valence-electron chi connectivity index (χ0n) is 22.7. The topological polar surface area (TPSA) is 106 Å². The quantitative estimate of drug-likeness (QED) is 0.310. The van der Waals surface area contributed by atoms with E-state index in [0.29, 0.717) is 27.7 Å². The van der Waals surface area contributed by atoms with Crippen LogP contribution in [-0.2, 0) is 6.54 Å². The first-order chi connectivity index (χ1) is 18.8. The van der Waals surface area contributed by atoms with Gasteiger partial charge in [0.2, 0.25) is 5.95 Å². The molecule has 2 aromatic carbocycles. The predicted molar refractivity (Wildman–Crippen MR) is 156 cm³/mol. The minimum atomic E-state index is -0.517. The highest BCUT2D eigenvalue weighted by atomic mass is 32.1. The van der Waals surface area contributed by atoms with Crippen molar-refractivity contribution in [2.45, 2.75) is 26.5 Å². The van der Waals surface area contributed by atoms with Gasteiger partial charge in [0.15, 0.2) is 0 Å². The lowest BCUT2D eigenvalue weighted by Gasteiger charge is -2.32. The molecule has 0 atom stereocenters. The summed E-state index contributed by atoms with van der Waals surface area (Å²) in [6, 6.07) is 13.7. The maximum Gasteiger partial charge on any atom is 0.259 e. The molecule has 10 heteroatoms. The number of ether oxygens (including phenoxy) is 2. The summed E-state index contributed by atoms with van der Waals surface area (Å²) < 4.78 is 12.5. The van der Waals surface area contributed by atoms with E-state index in [1.54, 1.807) is 13.3 Å². The van der Waals surface area contributed by atoms with E-state index in [2.05, 4.69) is 39.3 Å². The Morgan fingerprint density at radius 2 is 1.90 bits per heavy atom. The summed E-state index contributed by atoms with van der Waals surface area (Å²) >= 11 is 1.28. The zero-order valence-corrected chi connectivity index (χ0v) is 23.5. The van der Waals surface area contributed by atoms with E-state index >= 15 is 0 Å². The molecular weight excluding hydrogens is 512 g/mol. The van der Waals surface area contributed by atoms with Crippen LogP contribution in [0.5, 0.6) is 11.5 Å². The molecule has 1 aliphatic heterocycles. The van der Waals surface area contributed by atoms with Gasteiger partial charge in [-0.05, 0) is 44.7 Å². The second-order valence-corrected chi connectivity index (χ2v) is 11.0. The predicted octanol–water partition coefficient (Wildman–Crippen LogP) is 4.74. The Labute approximate surface area is 232 Å². The third-order valence-corrected chi connectivity index (χ3v) is 7.82. The third kappa shape index (κ3) is 5.98. The van der Waals surface area contributed by atoms with Gasteiger partial charge in [-0.2, -0.15) is 0 Å². The summed E-state index contributed by atoms with van der Waals surface area (Å²) in [6.07, 6.45) is 1.71. The highest BCUT2D eigenvalue weighted by molar-refractivity contribution is 7.21. The van der Waals surface area contributed by atoms with Gasteiger partial charge in [-0.25, -0.2) is 9.97 Å². The number of carbonyl (C=O) groups excluding carboxylic acids is 1. The van der Waals surface area contributed by atoms with E-state index in [9.17, 15) is 4.79 Å². The molecule has 3 N–H and O–H groups in total. The van der Waals surface area contributed by atoms with Crippen molar-refractivity contribution < 1.29 is 14.3 Å². The van der Waals surface area contributed by atoms with Crippen LogP contribution in [0.15, 0.2) is 48.7 Å². The lowest BCUT2D eigenvalue weighted by Crippen LogP contribution is -2.43. The largest absolute Gasteiger partial charge is 0.496 e. The normalized spacial score (nSPS) is 14.6. The lowest BCUT2D eigenvalue weighted by atomic mass is 10.0. The van der Waals surface area contributed by atoms with Gasteiger partial charge < -0.3 is 25.4 Å². The molecule has 1 aliphatic rings. The summed E-state index contributed by atoms with van der Waals surface area (Å²) in [6.45, 7) is 9.14. The first kappa shape index (κ1) is 26.9. The molecule has 0 saturated carbocycles. The minimum Gasteiger partial charge on any atom is -0.496 e. The third-order valence-electron chi connectivity index (χ3n) is 6.69. The Balaban J connectivity index is 1.49. The highest BCUT2D eigenvalue weighted by Gasteiger charge is 2.23. The smallest absolute Gasteiger partial charge is 0.259 e. The van der Waals surface area contributed by atoms with Crippen molar-refractivity contribution >= 4 is 39.1 Å².